The van der Waals surface area contributed by atoms with Gasteiger partial charge in [0.2, 0.25) is 5.91 Å². The number of carbonyl (C=O) groups is 3. The standard InChI is InChI=1S/C21H20N2O5/c1-22-10-18(20(25)26)23(11-19(22)24)21(27)28-12-17-15-8-4-2-6-13(15)14-7-3-5-9-16(14)17/h2-9,17-18H,10-12H2,1H3,(H,25,26). The number of carboxylic acid groups (broad SMARTS) is 1. The maximum absolute atomic E-state index is 12.6. The lowest BCUT2D eigenvalue weighted by molar-refractivity contribution is -0.149. The van der Waals surface area contributed by atoms with Crippen molar-refractivity contribution in [3.63, 3.8) is 0 Å². The topological polar surface area (TPSA) is 87.2 Å². The number of piperazine rings is 1. The molecular weight excluding hydrogens is 360 g/mol. The maximum Gasteiger partial charge on any atom is 0.411 e. The highest BCUT2D eigenvalue weighted by molar-refractivity contribution is 5.89. The third kappa shape index (κ3) is 2.98. The average molecular weight is 380 g/mol. The van der Waals surface area contributed by atoms with Crippen LogP contribution >= 0.6 is 0 Å². The minimum absolute atomic E-state index is 0.0572. The van der Waals surface area contributed by atoms with Crippen LogP contribution in [0.3, 0.4) is 0 Å². The number of amides is 2. The molecule has 1 atom stereocenters. The molecule has 1 aliphatic carbocycles. The number of nitrogens with zero attached hydrogens (tertiary/aromatic N) is 2. The normalized spacial score (nSPS) is 18.6. The van der Waals surface area contributed by atoms with Crippen LogP contribution in [0.15, 0.2) is 48.5 Å². The fraction of sp³-hybridized carbons (Fsp3) is 0.286. The number of hydrogen-bond donors (Lipinski definition) is 1. The molecule has 28 heavy (non-hydrogen) atoms. The number of fused-ring (bicyclic) bond motifs is 3. The lowest BCUT2D eigenvalue weighted by Crippen LogP contribution is -2.59. The molecule has 144 valence electrons. The number of rotatable bonds is 3. The van der Waals surface area contributed by atoms with Gasteiger partial charge in [0.05, 0.1) is 6.54 Å². The summed E-state index contributed by atoms with van der Waals surface area (Å²) in [5.41, 5.74) is 4.36. The van der Waals surface area contributed by atoms with Crippen molar-refractivity contribution in [2.45, 2.75) is 12.0 Å². The van der Waals surface area contributed by atoms with Crippen LogP contribution in [0.5, 0.6) is 0 Å². The van der Waals surface area contributed by atoms with Gasteiger partial charge in [0, 0.05) is 13.0 Å². The second kappa shape index (κ2) is 6.99. The first-order valence-electron chi connectivity index (χ1n) is 9.05. The molecule has 1 N–H and O–H groups in total. The SMILES string of the molecule is CN1CC(C(=O)O)N(C(=O)OCC2c3ccccc3-c3ccccc32)CC1=O. The summed E-state index contributed by atoms with van der Waals surface area (Å²) in [5, 5.41) is 9.41. The first-order valence-corrected chi connectivity index (χ1v) is 9.05. The minimum atomic E-state index is -1.16. The molecule has 4 rings (SSSR count). The van der Waals surface area contributed by atoms with Crippen LogP contribution in [0, 0.1) is 0 Å². The fourth-order valence-corrected chi connectivity index (χ4v) is 3.92. The van der Waals surface area contributed by atoms with Crippen molar-refractivity contribution in [3.8, 4) is 11.1 Å². The molecule has 0 saturated carbocycles. The Balaban J connectivity index is 1.54. The molecule has 0 aromatic heterocycles. The Bertz CT molecular complexity index is 912. The molecule has 0 bridgehead atoms. The minimum Gasteiger partial charge on any atom is -0.480 e. The summed E-state index contributed by atoms with van der Waals surface area (Å²) in [6.07, 6.45) is -0.782. The molecule has 1 unspecified atom stereocenters. The number of carbonyl (C=O) groups excluding carboxylic acids is 2. The van der Waals surface area contributed by atoms with Gasteiger partial charge in [-0.1, -0.05) is 48.5 Å². The summed E-state index contributed by atoms with van der Waals surface area (Å²) in [7, 11) is 1.52. The zero-order chi connectivity index (χ0) is 19.8. The first kappa shape index (κ1) is 18.0. The summed E-state index contributed by atoms with van der Waals surface area (Å²) in [6.45, 7) is -0.276. The predicted molar refractivity (Wildman–Crippen MR) is 101 cm³/mol. The monoisotopic (exact) mass is 380 g/mol. The van der Waals surface area contributed by atoms with E-state index in [4.69, 9.17) is 4.74 Å². The van der Waals surface area contributed by atoms with Crippen molar-refractivity contribution in [1.82, 2.24) is 9.80 Å². The van der Waals surface area contributed by atoms with Gasteiger partial charge in [-0.3, -0.25) is 9.69 Å². The Morgan fingerprint density at radius 2 is 1.64 bits per heavy atom. The second-order valence-corrected chi connectivity index (χ2v) is 7.06. The van der Waals surface area contributed by atoms with Gasteiger partial charge in [0.25, 0.3) is 0 Å². The van der Waals surface area contributed by atoms with E-state index in [0.717, 1.165) is 27.2 Å². The molecule has 2 amide bonds. The van der Waals surface area contributed by atoms with Gasteiger partial charge < -0.3 is 14.7 Å². The largest absolute Gasteiger partial charge is 0.480 e. The van der Waals surface area contributed by atoms with E-state index in [9.17, 15) is 19.5 Å². The Kier molecular flexibility index (Phi) is 4.50. The van der Waals surface area contributed by atoms with Crippen LogP contribution in [0.2, 0.25) is 0 Å². The number of likely N-dealkylation sites (N-methyl/N-ethyl adjacent to an activating group) is 1. The van der Waals surface area contributed by atoms with Crippen LogP contribution in [-0.2, 0) is 14.3 Å². The van der Waals surface area contributed by atoms with Gasteiger partial charge in [-0.15, -0.1) is 0 Å². The van der Waals surface area contributed by atoms with Gasteiger partial charge in [-0.05, 0) is 22.3 Å². The molecule has 1 heterocycles. The second-order valence-electron chi connectivity index (χ2n) is 7.06. The summed E-state index contributed by atoms with van der Waals surface area (Å²) in [5.74, 6) is -1.60. The van der Waals surface area contributed by atoms with Gasteiger partial charge >= 0.3 is 12.1 Å². The third-order valence-corrected chi connectivity index (χ3v) is 5.41. The van der Waals surface area contributed by atoms with Crippen LogP contribution in [0.25, 0.3) is 11.1 Å². The van der Waals surface area contributed by atoms with Crippen LogP contribution in [0.4, 0.5) is 4.79 Å². The van der Waals surface area contributed by atoms with E-state index >= 15 is 0 Å². The smallest absolute Gasteiger partial charge is 0.411 e. The molecule has 7 heteroatoms. The zero-order valence-electron chi connectivity index (χ0n) is 15.4. The highest BCUT2D eigenvalue weighted by Gasteiger charge is 2.39. The summed E-state index contributed by atoms with van der Waals surface area (Å²) in [6, 6.07) is 14.8. The maximum atomic E-state index is 12.6. The van der Waals surface area contributed by atoms with Gasteiger partial charge in [0.15, 0.2) is 6.04 Å². The Hall–Kier alpha value is -3.35. The summed E-state index contributed by atoms with van der Waals surface area (Å²) < 4.78 is 5.50. The van der Waals surface area contributed by atoms with Gasteiger partial charge in [-0.25, -0.2) is 9.59 Å². The van der Waals surface area contributed by atoms with Crippen molar-refractivity contribution in [2.75, 3.05) is 26.7 Å². The van der Waals surface area contributed by atoms with E-state index in [1.807, 2.05) is 48.5 Å². The van der Waals surface area contributed by atoms with E-state index in [-0.39, 0.29) is 31.5 Å². The molecule has 1 fully saturated rings. The van der Waals surface area contributed by atoms with Crippen LogP contribution in [-0.4, -0.2) is 65.7 Å². The molecule has 2 aliphatic rings. The van der Waals surface area contributed by atoms with Crippen molar-refractivity contribution in [3.05, 3.63) is 59.7 Å². The highest BCUT2D eigenvalue weighted by Crippen LogP contribution is 2.44. The van der Waals surface area contributed by atoms with Crippen molar-refractivity contribution in [2.24, 2.45) is 0 Å². The van der Waals surface area contributed by atoms with Crippen LogP contribution in [0.1, 0.15) is 17.0 Å². The third-order valence-electron chi connectivity index (χ3n) is 5.41. The van der Waals surface area contributed by atoms with Gasteiger partial charge in [-0.2, -0.15) is 0 Å². The number of hydrogen-bond acceptors (Lipinski definition) is 4. The molecular formula is C21H20N2O5. The lowest BCUT2D eigenvalue weighted by Gasteiger charge is -2.36. The van der Waals surface area contributed by atoms with E-state index in [0.29, 0.717) is 0 Å². The Morgan fingerprint density at radius 1 is 1.07 bits per heavy atom. The number of benzene rings is 2. The van der Waals surface area contributed by atoms with E-state index in [2.05, 4.69) is 0 Å². The first-order chi connectivity index (χ1) is 13.5. The lowest BCUT2D eigenvalue weighted by atomic mass is 9.98. The van der Waals surface area contributed by atoms with Crippen molar-refractivity contribution >= 4 is 18.0 Å². The molecule has 0 radical (unpaired) electrons. The Morgan fingerprint density at radius 3 is 2.21 bits per heavy atom. The van der Waals surface area contributed by atoms with E-state index in [1.165, 1.54) is 11.9 Å². The highest BCUT2D eigenvalue weighted by atomic mass is 16.6. The van der Waals surface area contributed by atoms with Crippen molar-refractivity contribution < 1.29 is 24.2 Å². The summed E-state index contributed by atoms with van der Waals surface area (Å²) >= 11 is 0. The predicted octanol–water partition coefficient (Wildman–Crippen LogP) is 2.16. The van der Waals surface area contributed by atoms with E-state index in [1.54, 1.807) is 0 Å². The molecule has 2 aromatic rings. The quantitative estimate of drug-likeness (QED) is 0.882. The molecule has 1 aliphatic heterocycles. The zero-order valence-corrected chi connectivity index (χ0v) is 15.4. The number of ether oxygens (including phenoxy) is 1. The van der Waals surface area contributed by atoms with Crippen LogP contribution < -0.4 is 0 Å². The average Bonchev–Trinajstić information content (AvgIpc) is 3.01. The molecule has 1 saturated heterocycles. The Labute approximate surface area is 162 Å². The number of aliphatic carboxylic acids is 1. The molecule has 7 nitrogen and oxygen atoms in total. The van der Waals surface area contributed by atoms with E-state index < -0.39 is 18.1 Å². The fourth-order valence-electron chi connectivity index (χ4n) is 3.92. The molecule has 0 spiro atoms. The summed E-state index contributed by atoms with van der Waals surface area (Å²) in [4.78, 5) is 38.4. The van der Waals surface area contributed by atoms with Crippen molar-refractivity contribution in [1.29, 1.82) is 0 Å². The van der Waals surface area contributed by atoms with Gasteiger partial charge in [0.1, 0.15) is 13.2 Å². The molecule has 2 aromatic carbocycles. The number of carboxylic acids is 1.